The quantitative estimate of drug-likeness (QED) is 0.622. The largest absolute Gasteiger partial charge is 0.506 e. The number of phenols is 1. The third-order valence-corrected chi connectivity index (χ3v) is 2.31. The summed E-state index contributed by atoms with van der Waals surface area (Å²) >= 11 is 0. The molecular formula is C11H11F3N2O4. The van der Waals surface area contributed by atoms with Crippen LogP contribution in [0.15, 0.2) is 18.2 Å². The Bertz CT molecular complexity index is 531. The first-order valence-corrected chi connectivity index (χ1v) is 5.29. The highest BCUT2D eigenvalue weighted by Crippen LogP contribution is 2.34. The maximum absolute atomic E-state index is 12.5. The van der Waals surface area contributed by atoms with Crippen LogP contribution in [0, 0.1) is 0 Å². The fraction of sp³-hybridized carbons (Fsp3) is 0.273. The average Bonchev–Trinajstić information content (AvgIpc) is 2.29. The summed E-state index contributed by atoms with van der Waals surface area (Å²) in [6, 6.07) is 0.491. The van der Waals surface area contributed by atoms with E-state index in [0.29, 0.717) is 12.1 Å². The van der Waals surface area contributed by atoms with Crippen molar-refractivity contribution >= 4 is 17.6 Å². The minimum absolute atomic E-state index is 0.495. The molecule has 0 aliphatic rings. The summed E-state index contributed by atoms with van der Waals surface area (Å²) in [7, 11) is 0. The van der Waals surface area contributed by atoms with Crippen LogP contribution in [-0.4, -0.2) is 28.1 Å². The highest BCUT2D eigenvalue weighted by atomic mass is 19.4. The van der Waals surface area contributed by atoms with Gasteiger partial charge in [0.05, 0.1) is 23.7 Å². The molecule has 1 amide bonds. The van der Waals surface area contributed by atoms with E-state index in [2.05, 4.69) is 0 Å². The lowest BCUT2D eigenvalue weighted by molar-refractivity contribution is -0.139. The van der Waals surface area contributed by atoms with Crippen LogP contribution in [0.25, 0.3) is 0 Å². The average molecular weight is 292 g/mol. The lowest BCUT2D eigenvalue weighted by Crippen LogP contribution is -2.37. The number of carboxylic acids is 1. The van der Waals surface area contributed by atoms with E-state index in [0.717, 1.165) is 6.07 Å². The molecule has 9 heteroatoms. The van der Waals surface area contributed by atoms with Gasteiger partial charge in [-0.3, -0.25) is 9.59 Å². The number of aromatic hydroxyl groups is 1. The van der Waals surface area contributed by atoms with Crippen molar-refractivity contribution in [2.45, 2.75) is 18.6 Å². The number of aliphatic carboxylic acids is 1. The Kier molecular flexibility index (Phi) is 4.56. The first-order chi connectivity index (χ1) is 9.11. The zero-order chi connectivity index (χ0) is 15.5. The Morgan fingerprint density at radius 2 is 1.95 bits per heavy atom. The van der Waals surface area contributed by atoms with Gasteiger partial charge in [-0.15, -0.1) is 0 Å². The number of hydrogen-bond donors (Lipinski definition) is 4. The van der Waals surface area contributed by atoms with E-state index in [4.69, 9.17) is 10.8 Å². The fourth-order valence-electron chi connectivity index (χ4n) is 1.32. The molecule has 0 saturated carbocycles. The molecule has 0 spiro atoms. The Morgan fingerprint density at radius 3 is 2.45 bits per heavy atom. The van der Waals surface area contributed by atoms with Gasteiger partial charge in [0.2, 0.25) is 5.91 Å². The maximum Gasteiger partial charge on any atom is 0.416 e. The van der Waals surface area contributed by atoms with Crippen LogP contribution < -0.4 is 11.1 Å². The number of phenolic OH excluding ortho intramolecular Hbond substituents is 1. The van der Waals surface area contributed by atoms with Crippen molar-refractivity contribution in [1.29, 1.82) is 0 Å². The van der Waals surface area contributed by atoms with Gasteiger partial charge < -0.3 is 21.3 Å². The fourth-order valence-corrected chi connectivity index (χ4v) is 1.32. The second-order valence-electron chi connectivity index (χ2n) is 3.92. The zero-order valence-corrected chi connectivity index (χ0v) is 9.94. The topological polar surface area (TPSA) is 113 Å². The number of nitrogens with two attached hydrogens (primary N) is 1. The predicted molar refractivity (Wildman–Crippen MR) is 62.0 cm³/mol. The zero-order valence-electron chi connectivity index (χ0n) is 9.94. The summed E-state index contributed by atoms with van der Waals surface area (Å²) < 4.78 is 37.4. The molecule has 20 heavy (non-hydrogen) atoms. The second-order valence-corrected chi connectivity index (χ2v) is 3.92. The molecule has 1 atom stereocenters. The molecule has 1 unspecified atom stereocenters. The standard InChI is InChI=1S/C11H11F3N2O4/c12-11(13,14)5-1-2-8(17)7(3-5)16-10(20)6(15)4-9(18)19/h1-3,6,17H,4,15H2,(H,16,20)(H,18,19). The summed E-state index contributed by atoms with van der Waals surface area (Å²) in [5.74, 6) is -2.93. The van der Waals surface area contributed by atoms with Gasteiger partial charge in [0, 0.05) is 0 Å². The van der Waals surface area contributed by atoms with E-state index in [9.17, 15) is 27.9 Å². The van der Waals surface area contributed by atoms with Crippen molar-refractivity contribution in [3.8, 4) is 5.75 Å². The first-order valence-electron chi connectivity index (χ1n) is 5.29. The van der Waals surface area contributed by atoms with Gasteiger partial charge in [0.25, 0.3) is 0 Å². The lowest BCUT2D eigenvalue weighted by Gasteiger charge is -2.13. The Balaban J connectivity index is 2.92. The van der Waals surface area contributed by atoms with Crippen molar-refractivity contribution in [3.05, 3.63) is 23.8 Å². The molecule has 1 rings (SSSR count). The van der Waals surface area contributed by atoms with E-state index < -0.39 is 47.5 Å². The normalized spacial score (nSPS) is 12.8. The van der Waals surface area contributed by atoms with Crippen LogP contribution >= 0.6 is 0 Å². The Morgan fingerprint density at radius 1 is 1.35 bits per heavy atom. The van der Waals surface area contributed by atoms with Crippen LogP contribution in [0.5, 0.6) is 5.75 Å². The van der Waals surface area contributed by atoms with Gasteiger partial charge in [-0.2, -0.15) is 13.2 Å². The summed E-state index contributed by atoms with van der Waals surface area (Å²) in [5.41, 5.74) is 3.68. The van der Waals surface area contributed by atoms with Crippen LogP contribution in [0.3, 0.4) is 0 Å². The summed E-state index contributed by atoms with van der Waals surface area (Å²) in [4.78, 5) is 21.8. The Hall–Kier alpha value is -2.29. The molecule has 0 aliphatic carbocycles. The summed E-state index contributed by atoms with van der Waals surface area (Å²) in [6.45, 7) is 0. The minimum atomic E-state index is -4.64. The van der Waals surface area contributed by atoms with Crippen molar-refractivity contribution in [3.63, 3.8) is 0 Å². The number of amides is 1. The van der Waals surface area contributed by atoms with Crippen LogP contribution in [-0.2, 0) is 15.8 Å². The molecule has 6 nitrogen and oxygen atoms in total. The third kappa shape index (κ3) is 4.12. The van der Waals surface area contributed by atoms with Crippen molar-refractivity contribution in [2.75, 3.05) is 5.32 Å². The number of carboxylic acid groups (broad SMARTS) is 1. The number of nitrogens with one attached hydrogen (secondary N) is 1. The predicted octanol–water partition coefficient (Wildman–Crippen LogP) is 1.15. The van der Waals surface area contributed by atoms with Crippen molar-refractivity contribution < 1.29 is 33.0 Å². The summed E-state index contributed by atoms with van der Waals surface area (Å²) in [6.07, 6.45) is -5.33. The number of rotatable bonds is 4. The molecule has 0 radical (unpaired) electrons. The number of carbonyl (C=O) groups is 2. The van der Waals surface area contributed by atoms with Gasteiger partial charge >= 0.3 is 12.1 Å². The van der Waals surface area contributed by atoms with Crippen molar-refractivity contribution in [2.24, 2.45) is 5.73 Å². The second kappa shape index (κ2) is 5.78. The highest BCUT2D eigenvalue weighted by molar-refractivity contribution is 5.97. The molecule has 1 aromatic carbocycles. The van der Waals surface area contributed by atoms with E-state index in [1.165, 1.54) is 0 Å². The number of anilines is 1. The smallest absolute Gasteiger partial charge is 0.416 e. The van der Waals surface area contributed by atoms with Crippen LogP contribution in [0.4, 0.5) is 18.9 Å². The highest BCUT2D eigenvalue weighted by Gasteiger charge is 2.31. The Labute approximate surface area is 111 Å². The van der Waals surface area contributed by atoms with E-state index in [-0.39, 0.29) is 0 Å². The van der Waals surface area contributed by atoms with E-state index in [1.54, 1.807) is 0 Å². The lowest BCUT2D eigenvalue weighted by atomic mass is 10.1. The third-order valence-electron chi connectivity index (χ3n) is 2.31. The van der Waals surface area contributed by atoms with E-state index in [1.807, 2.05) is 5.32 Å². The number of benzene rings is 1. The molecule has 0 saturated heterocycles. The molecule has 0 fully saturated rings. The van der Waals surface area contributed by atoms with Crippen LogP contribution in [0.2, 0.25) is 0 Å². The summed E-state index contributed by atoms with van der Waals surface area (Å²) in [5, 5.41) is 19.8. The first kappa shape index (κ1) is 15.8. The van der Waals surface area contributed by atoms with E-state index >= 15 is 0 Å². The molecule has 0 heterocycles. The number of hydrogen-bond acceptors (Lipinski definition) is 4. The number of carbonyl (C=O) groups excluding carboxylic acids is 1. The number of alkyl halides is 3. The number of halogens is 3. The van der Waals surface area contributed by atoms with Gasteiger partial charge in [0.1, 0.15) is 5.75 Å². The van der Waals surface area contributed by atoms with Gasteiger partial charge in [-0.1, -0.05) is 0 Å². The van der Waals surface area contributed by atoms with Gasteiger partial charge in [-0.05, 0) is 18.2 Å². The molecule has 0 aromatic heterocycles. The van der Waals surface area contributed by atoms with Crippen LogP contribution in [0.1, 0.15) is 12.0 Å². The molecule has 0 bridgehead atoms. The molecule has 1 aromatic rings. The van der Waals surface area contributed by atoms with Gasteiger partial charge in [-0.25, -0.2) is 0 Å². The SMILES string of the molecule is NC(CC(=O)O)C(=O)Nc1cc(C(F)(F)F)ccc1O. The molecule has 5 N–H and O–H groups in total. The van der Waals surface area contributed by atoms with Gasteiger partial charge in [0.15, 0.2) is 0 Å². The maximum atomic E-state index is 12.5. The minimum Gasteiger partial charge on any atom is -0.506 e. The monoisotopic (exact) mass is 292 g/mol. The molecular weight excluding hydrogens is 281 g/mol. The molecule has 110 valence electrons. The molecule has 0 aliphatic heterocycles. The van der Waals surface area contributed by atoms with Crippen molar-refractivity contribution in [1.82, 2.24) is 0 Å².